The van der Waals surface area contributed by atoms with Gasteiger partial charge in [0.1, 0.15) is 0 Å². The average Bonchev–Trinajstić information content (AvgIpc) is 2.03. The highest BCUT2D eigenvalue weighted by Gasteiger charge is 2.04. The minimum absolute atomic E-state index is 0.0495. The number of hydrogen-bond donors (Lipinski definition) is 2. The molecule has 0 rings (SSSR count). The topological polar surface area (TPSA) is 55.1 Å². The maximum Gasteiger partial charge on any atom is 0.236 e. The summed E-state index contributed by atoms with van der Waals surface area (Å²) < 4.78 is 0. The van der Waals surface area contributed by atoms with Crippen LogP contribution in [0.2, 0.25) is 0 Å². The maximum atomic E-state index is 10.9. The van der Waals surface area contributed by atoms with Crippen LogP contribution in [0.5, 0.6) is 0 Å². The highest BCUT2D eigenvalue weighted by molar-refractivity contribution is 5.80. The second-order valence-corrected chi connectivity index (χ2v) is 3.14. The van der Waals surface area contributed by atoms with Crippen molar-refractivity contribution in [2.75, 3.05) is 6.54 Å². The third-order valence-electron chi connectivity index (χ3n) is 1.74. The molecule has 12 heavy (non-hydrogen) atoms. The van der Waals surface area contributed by atoms with Gasteiger partial charge in [0, 0.05) is 6.54 Å². The molecule has 72 valence electrons. The number of rotatable bonds is 6. The zero-order valence-corrected chi connectivity index (χ0v) is 8.10. The normalized spacial score (nSPS) is 12.6. The summed E-state index contributed by atoms with van der Waals surface area (Å²) in [5.41, 5.74) is 5.36. The molecule has 0 saturated heterocycles. The maximum absolute atomic E-state index is 10.9. The van der Waals surface area contributed by atoms with Crippen LogP contribution in [0.15, 0.2) is 0 Å². The Hall–Kier alpha value is -0.570. The third-order valence-corrected chi connectivity index (χ3v) is 1.74. The van der Waals surface area contributed by atoms with E-state index < -0.39 is 0 Å². The molecule has 0 aromatic carbocycles. The molecular weight excluding hydrogens is 152 g/mol. The first-order valence-electron chi connectivity index (χ1n) is 4.71. The summed E-state index contributed by atoms with van der Waals surface area (Å²) in [6, 6.07) is -0.379. The summed E-state index contributed by atoms with van der Waals surface area (Å²) in [5, 5.41) is 2.78. The van der Waals surface area contributed by atoms with E-state index in [2.05, 4.69) is 12.2 Å². The van der Waals surface area contributed by atoms with Crippen LogP contribution in [0, 0.1) is 0 Å². The first-order chi connectivity index (χ1) is 5.68. The SMILES string of the molecule is CCCCCCNC(=O)[C@H](C)N. The predicted octanol–water partition coefficient (Wildman–Crippen LogP) is 1.03. The summed E-state index contributed by atoms with van der Waals surface area (Å²) >= 11 is 0. The number of nitrogens with one attached hydrogen (secondary N) is 1. The number of carbonyl (C=O) groups is 1. The van der Waals surface area contributed by atoms with Crippen LogP contribution in [0.25, 0.3) is 0 Å². The first-order valence-corrected chi connectivity index (χ1v) is 4.71. The van der Waals surface area contributed by atoms with Crippen molar-refractivity contribution in [1.82, 2.24) is 5.32 Å². The van der Waals surface area contributed by atoms with Gasteiger partial charge in [-0.3, -0.25) is 4.79 Å². The molecule has 1 amide bonds. The van der Waals surface area contributed by atoms with E-state index in [1.165, 1.54) is 19.3 Å². The quantitative estimate of drug-likeness (QED) is 0.588. The van der Waals surface area contributed by atoms with Crippen LogP contribution in [0.3, 0.4) is 0 Å². The molecule has 0 unspecified atom stereocenters. The van der Waals surface area contributed by atoms with E-state index in [4.69, 9.17) is 5.73 Å². The fourth-order valence-electron chi connectivity index (χ4n) is 0.924. The second-order valence-electron chi connectivity index (χ2n) is 3.14. The smallest absolute Gasteiger partial charge is 0.236 e. The van der Waals surface area contributed by atoms with Crippen LogP contribution < -0.4 is 11.1 Å². The summed E-state index contributed by atoms with van der Waals surface area (Å²) in [6.07, 6.45) is 4.72. The lowest BCUT2D eigenvalue weighted by molar-refractivity contribution is -0.121. The first kappa shape index (κ1) is 11.4. The molecule has 3 N–H and O–H groups in total. The van der Waals surface area contributed by atoms with Gasteiger partial charge in [-0.2, -0.15) is 0 Å². The standard InChI is InChI=1S/C9H20N2O/c1-3-4-5-6-7-11-9(12)8(2)10/h8H,3-7,10H2,1-2H3,(H,11,12)/t8-/m0/s1. The van der Waals surface area contributed by atoms with Crippen LogP contribution in [-0.2, 0) is 4.79 Å². The molecule has 0 spiro atoms. The largest absolute Gasteiger partial charge is 0.355 e. The summed E-state index contributed by atoms with van der Waals surface area (Å²) in [5.74, 6) is -0.0495. The minimum Gasteiger partial charge on any atom is -0.355 e. The van der Waals surface area contributed by atoms with Crippen LogP contribution in [0.4, 0.5) is 0 Å². The fraction of sp³-hybridized carbons (Fsp3) is 0.889. The van der Waals surface area contributed by atoms with E-state index in [0.29, 0.717) is 0 Å². The minimum atomic E-state index is -0.379. The molecule has 3 heteroatoms. The lowest BCUT2D eigenvalue weighted by atomic mass is 10.2. The number of amides is 1. The molecule has 0 aliphatic rings. The van der Waals surface area contributed by atoms with Crippen molar-refractivity contribution in [3.8, 4) is 0 Å². The lowest BCUT2D eigenvalue weighted by Gasteiger charge is -2.06. The second kappa shape index (κ2) is 7.10. The van der Waals surface area contributed by atoms with Gasteiger partial charge < -0.3 is 11.1 Å². The van der Waals surface area contributed by atoms with Crippen molar-refractivity contribution in [1.29, 1.82) is 0 Å². The Labute approximate surface area is 74.7 Å². The predicted molar refractivity (Wildman–Crippen MR) is 50.8 cm³/mol. The van der Waals surface area contributed by atoms with Gasteiger partial charge in [-0.25, -0.2) is 0 Å². The van der Waals surface area contributed by atoms with Crippen LogP contribution >= 0.6 is 0 Å². The third kappa shape index (κ3) is 6.16. The lowest BCUT2D eigenvalue weighted by Crippen LogP contribution is -2.38. The highest BCUT2D eigenvalue weighted by Crippen LogP contribution is 1.96. The zero-order valence-electron chi connectivity index (χ0n) is 8.10. The Morgan fingerprint density at radius 1 is 1.42 bits per heavy atom. The Morgan fingerprint density at radius 3 is 2.58 bits per heavy atom. The molecule has 0 bridgehead atoms. The molecule has 1 atom stereocenters. The number of hydrogen-bond acceptors (Lipinski definition) is 2. The molecule has 0 heterocycles. The van der Waals surface area contributed by atoms with Gasteiger partial charge in [0.2, 0.25) is 5.91 Å². The summed E-state index contributed by atoms with van der Waals surface area (Å²) in [7, 11) is 0. The number of carbonyl (C=O) groups excluding carboxylic acids is 1. The van der Waals surface area contributed by atoms with Crippen LogP contribution in [0.1, 0.15) is 39.5 Å². The average molecular weight is 172 g/mol. The molecule has 0 fully saturated rings. The van der Waals surface area contributed by atoms with E-state index in [-0.39, 0.29) is 11.9 Å². The zero-order chi connectivity index (χ0) is 9.40. The Bertz CT molecular complexity index is 124. The molecule has 0 aliphatic carbocycles. The van der Waals surface area contributed by atoms with Crippen molar-refractivity contribution in [3.05, 3.63) is 0 Å². The van der Waals surface area contributed by atoms with Gasteiger partial charge in [-0.15, -0.1) is 0 Å². The van der Waals surface area contributed by atoms with Crippen molar-refractivity contribution >= 4 is 5.91 Å². The monoisotopic (exact) mass is 172 g/mol. The molecule has 0 aromatic heterocycles. The van der Waals surface area contributed by atoms with Gasteiger partial charge in [0.25, 0.3) is 0 Å². The van der Waals surface area contributed by atoms with Gasteiger partial charge in [-0.05, 0) is 13.3 Å². The van der Waals surface area contributed by atoms with Gasteiger partial charge in [0.05, 0.1) is 6.04 Å². The van der Waals surface area contributed by atoms with Crippen LogP contribution in [-0.4, -0.2) is 18.5 Å². The Balaban J connectivity index is 3.14. The molecule has 0 radical (unpaired) electrons. The highest BCUT2D eigenvalue weighted by atomic mass is 16.2. The molecular formula is C9H20N2O. The van der Waals surface area contributed by atoms with E-state index >= 15 is 0 Å². The fourth-order valence-corrected chi connectivity index (χ4v) is 0.924. The summed E-state index contributed by atoms with van der Waals surface area (Å²) in [6.45, 7) is 4.63. The van der Waals surface area contributed by atoms with E-state index in [9.17, 15) is 4.79 Å². The van der Waals surface area contributed by atoms with E-state index in [1.807, 2.05) is 0 Å². The molecule has 0 aromatic rings. The van der Waals surface area contributed by atoms with Gasteiger partial charge in [-0.1, -0.05) is 26.2 Å². The van der Waals surface area contributed by atoms with E-state index in [0.717, 1.165) is 13.0 Å². The van der Waals surface area contributed by atoms with Crippen molar-refractivity contribution < 1.29 is 4.79 Å². The van der Waals surface area contributed by atoms with Crippen molar-refractivity contribution in [3.63, 3.8) is 0 Å². The molecule has 0 saturated carbocycles. The van der Waals surface area contributed by atoms with Gasteiger partial charge in [0.15, 0.2) is 0 Å². The number of unbranched alkanes of at least 4 members (excludes halogenated alkanes) is 3. The Kier molecular flexibility index (Phi) is 6.76. The van der Waals surface area contributed by atoms with E-state index in [1.54, 1.807) is 6.92 Å². The van der Waals surface area contributed by atoms with Gasteiger partial charge >= 0.3 is 0 Å². The Morgan fingerprint density at radius 2 is 2.08 bits per heavy atom. The number of nitrogens with two attached hydrogens (primary N) is 1. The molecule has 3 nitrogen and oxygen atoms in total. The molecule has 0 aliphatic heterocycles. The van der Waals surface area contributed by atoms with Crippen molar-refractivity contribution in [2.24, 2.45) is 5.73 Å². The van der Waals surface area contributed by atoms with Crippen molar-refractivity contribution in [2.45, 2.75) is 45.6 Å². The summed E-state index contributed by atoms with van der Waals surface area (Å²) in [4.78, 5) is 10.9.